The molecule has 0 spiro atoms. The van der Waals surface area contributed by atoms with E-state index in [0.717, 1.165) is 12.8 Å². The standard InChI is InChI=1S/C9H13N3O2/c13-9(7-5-10-11-6-7)12-14-8-3-1-2-4-8/h5-6,8H,1-4H2,(H,10,11)(H,12,13). The molecule has 1 aliphatic carbocycles. The fourth-order valence-corrected chi connectivity index (χ4v) is 1.58. The highest BCUT2D eigenvalue weighted by molar-refractivity contribution is 5.92. The number of amides is 1. The molecule has 14 heavy (non-hydrogen) atoms. The van der Waals surface area contributed by atoms with Gasteiger partial charge in [0.2, 0.25) is 0 Å². The van der Waals surface area contributed by atoms with Gasteiger partial charge >= 0.3 is 0 Å². The maximum Gasteiger partial charge on any atom is 0.278 e. The fraction of sp³-hybridized carbons (Fsp3) is 0.556. The van der Waals surface area contributed by atoms with Crippen LogP contribution >= 0.6 is 0 Å². The fourth-order valence-electron chi connectivity index (χ4n) is 1.58. The highest BCUT2D eigenvalue weighted by atomic mass is 16.7. The number of carbonyl (C=O) groups excluding carboxylic acids is 1. The predicted octanol–water partition coefficient (Wildman–Crippen LogP) is 1.01. The van der Waals surface area contributed by atoms with E-state index in [0.29, 0.717) is 5.56 Å². The first kappa shape index (κ1) is 9.21. The average Bonchev–Trinajstić information content (AvgIpc) is 2.87. The van der Waals surface area contributed by atoms with Crippen LogP contribution in [0.4, 0.5) is 0 Å². The van der Waals surface area contributed by atoms with Crippen LogP contribution in [0.5, 0.6) is 0 Å². The molecule has 1 heterocycles. The Bertz CT molecular complexity index is 291. The second kappa shape index (κ2) is 4.23. The number of hydrogen-bond donors (Lipinski definition) is 2. The first-order chi connectivity index (χ1) is 6.86. The minimum absolute atomic E-state index is 0.186. The maximum absolute atomic E-state index is 11.4. The van der Waals surface area contributed by atoms with Crippen molar-refractivity contribution in [3.05, 3.63) is 18.0 Å². The average molecular weight is 195 g/mol. The zero-order valence-electron chi connectivity index (χ0n) is 7.82. The van der Waals surface area contributed by atoms with Crippen LogP contribution < -0.4 is 5.48 Å². The minimum atomic E-state index is -0.245. The molecule has 2 rings (SSSR count). The summed E-state index contributed by atoms with van der Waals surface area (Å²) in [5, 5.41) is 6.25. The first-order valence-corrected chi connectivity index (χ1v) is 4.81. The van der Waals surface area contributed by atoms with E-state index in [9.17, 15) is 4.79 Å². The normalized spacial score (nSPS) is 17.1. The second-order valence-corrected chi connectivity index (χ2v) is 3.44. The summed E-state index contributed by atoms with van der Waals surface area (Å²) in [6.07, 6.45) is 7.63. The monoisotopic (exact) mass is 195 g/mol. The van der Waals surface area contributed by atoms with Crippen LogP contribution in [-0.4, -0.2) is 22.2 Å². The van der Waals surface area contributed by atoms with Gasteiger partial charge in [-0.1, -0.05) is 12.8 Å². The van der Waals surface area contributed by atoms with Crippen LogP contribution in [0.1, 0.15) is 36.0 Å². The van der Waals surface area contributed by atoms with Gasteiger partial charge in [-0.2, -0.15) is 5.10 Å². The summed E-state index contributed by atoms with van der Waals surface area (Å²) in [6.45, 7) is 0. The minimum Gasteiger partial charge on any atom is -0.285 e. The van der Waals surface area contributed by atoms with E-state index >= 15 is 0 Å². The van der Waals surface area contributed by atoms with Gasteiger partial charge in [-0.25, -0.2) is 5.48 Å². The quantitative estimate of drug-likeness (QED) is 0.707. The van der Waals surface area contributed by atoms with Crippen LogP contribution in [0, 0.1) is 0 Å². The van der Waals surface area contributed by atoms with E-state index < -0.39 is 0 Å². The Balaban J connectivity index is 1.78. The molecule has 0 aromatic carbocycles. The Kier molecular flexibility index (Phi) is 2.78. The number of aromatic nitrogens is 2. The van der Waals surface area contributed by atoms with Crippen molar-refractivity contribution in [2.45, 2.75) is 31.8 Å². The Labute approximate surface area is 81.8 Å². The number of H-pyrrole nitrogens is 1. The van der Waals surface area contributed by atoms with Crippen molar-refractivity contribution < 1.29 is 9.63 Å². The van der Waals surface area contributed by atoms with Crippen molar-refractivity contribution in [3.8, 4) is 0 Å². The molecule has 2 N–H and O–H groups in total. The molecule has 1 amide bonds. The molecular weight excluding hydrogens is 182 g/mol. The lowest BCUT2D eigenvalue weighted by atomic mass is 10.3. The van der Waals surface area contributed by atoms with E-state index in [4.69, 9.17) is 4.84 Å². The lowest BCUT2D eigenvalue weighted by molar-refractivity contribution is -0.0124. The highest BCUT2D eigenvalue weighted by Crippen LogP contribution is 2.19. The smallest absolute Gasteiger partial charge is 0.278 e. The predicted molar refractivity (Wildman–Crippen MR) is 49.4 cm³/mol. The number of hydrogen-bond acceptors (Lipinski definition) is 3. The molecule has 0 bridgehead atoms. The summed E-state index contributed by atoms with van der Waals surface area (Å²) in [5.74, 6) is -0.245. The summed E-state index contributed by atoms with van der Waals surface area (Å²) in [6, 6.07) is 0. The molecule has 1 saturated carbocycles. The van der Waals surface area contributed by atoms with Gasteiger partial charge in [-0.15, -0.1) is 0 Å². The topological polar surface area (TPSA) is 67.0 Å². The molecule has 76 valence electrons. The number of aromatic amines is 1. The van der Waals surface area contributed by atoms with Gasteiger partial charge in [0.15, 0.2) is 0 Å². The Morgan fingerprint density at radius 1 is 1.57 bits per heavy atom. The molecule has 1 aliphatic rings. The molecule has 1 fully saturated rings. The summed E-state index contributed by atoms with van der Waals surface area (Å²) in [4.78, 5) is 16.6. The van der Waals surface area contributed by atoms with E-state index in [1.807, 2.05) is 0 Å². The lowest BCUT2D eigenvalue weighted by Gasteiger charge is -2.10. The summed E-state index contributed by atoms with van der Waals surface area (Å²) < 4.78 is 0. The van der Waals surface area contributed by atoms with Crippen molar-refractivity contribution in [1.82, 2.24) is 15.7 Å². The molecule has 0 atom stereocenters. The number of nitrogens with zero attached hydrogens (tertiary/aromatic N) is 1. The summed E-state index contributed by atoms with van der Waals surface area (Å²) >= 11 is 0. The van der Waals surface area contributed by atoms with E-state index in [1.165, 1.54) is 25.2 Å². The van der Waals surface area contributed by atoms with Gasteiger partial charge in [0.25, 0.3) is 5.91 Å². The molecule has 0 unspecified atom stereocenters. The van der Waals surface area contributed by atoms with E-state index in [-0.39, 0.29) is 12.0 Å². The second-order valence-electron chi connectivity index (χ2n) is 3.44. The van der Waals surface area contributed by atoms with Crippen LogP contribution in [-0.2, 0) is 4.84 Å². The summed E-state index contributed by atoms with van der Waals surface area (Å²) in [5.41, 5.74) is 2.92. The van der Waals surface area contributed by atoms with Gasteiger partial charge in [-0.3, -0.25) is 14.7 Å². The van der Waals surface area contributed by atoms with Crippen molar-refractivity contribution in [2.24, 2.45) is 0 Å². The van der Waals surface area contributed by atoms with Gasteiger partial charge in [0, 0.05) is 6.20 Å². The lowest BCUT2D eigenvalue weighted by Crippen LogP contribution is -2.27. The summed E-state index contributed by atoms with van der Waals surface area (Å²) in [7, 11) is 0. The molecule has 0 aliphatic heterocycles. The van der Waals surface area contributed by atoms with E-state index in [1.54, 1.807) is 0 Å². The van der Waals surface area contributed by atoms with Gasteiger partial charge in [0.05, 0.1) is 17.9 Å². The maximum atomic E-state index is 11.4. The Morgan fingerprint density at radius 3 is 3.00 bits per heavy atom. The van der Waals surface area contributed by atoms with Gasteiger partial charge < -0.3 is 0 Å². The van der Waals surface area contributed by atoms with Crippen LogP contribution in [0.2, 0.25) is 0 Å². The van der Waals surface area contributed by atoms with Crippen molar-refractivity contribution >= 4 is 5.91 Å². The third-order valence-corrected chi connectivity index (χ3v) is 2.38. The first-order valence-electron chi connectivity index (χ1n) is 4.81. The third kappa shape index (κ3) is 2.11. The van der Waals surface area contributed by atoms with Gasteiger partial charge in [-0.05, 0) is 12.8 Å². The van der Waals surface area contributed by atoms with Crippen molar-refractivity contribution in [3.63, 3.8) is 0 Å². The number of carbonyl (C=O) groups is 1. The SMILES string of the molecule is O=C(NOC1CCCC1)c1cn[nH]c1. The molecule has 1 aromatic heterocycles. The van der Waals surface area contributed by atoms with E-state index in [2.05, 4.69) is 15.7 Å². The third-order valence-electron chi connectivity index (χ3n) is 2.38. The van der Waals surface area contributed by atoms with Gasteiger partial charge in [0.1, 0.15) is 0 Å². The highest BCUT2D eigenvalue weighted by Gasteiger charge is 2.17. The molecular formula is C9H13N3O2. The van der Waals surface area contributed by atoms with Crippen molar-refractivity contribution in [1.29, 1.82) is 0 Å². The van der Waals surface area contributed by atoms with Crippen LogP contribution in [0.15, 0.2) is 12.4 Å². The molecule has 0 radical (unpaired) electrons. The largest absolute Gasteiger partial charge is 0.285 e. The van der Waals surface area contributed by atoms with Crippen LogP contribution in [0.25, 0.3) is 0 Å². The zero-order chi connectivity index (χ0) is 9.80. The molecule has 0 saturated heterocycles. The number of rotatable bonds is 3. The molecule has 5 nitrogen and oxygen atoms in total. The Hall–Kier alpha value is -1.36. The zero-order valence-corrected chi connectivity index (χ0v) is 7.82. The molecule has 1 aromatic rings. The molecule has 5 heteroatoms. The Morgan fingerprint density at radius 2 is 2.36 bits per heavy atom. The number of nitrogens with one attached hydrogen (secondary N) is 2. The van der Waals surface area contributed by atoms with Crippen LogP contribution in [0.3, 0.4) is 0 Å². The number of hydroxylamine groups is 1. The van der Waals surface area contributed by atoms with Crippen molar-refractivity contribution in [2.75, 3.05) is 0 Å².